The smallest absolute Gasteiger partial charge is 0.315 e. The first-order chi connectivity index (χ1) is 24.7. The van der Waals surface area contributed by atoms with Crippen molar-refractivity contribution in [3.63, 3.8) is 0 Å². The van der Waals surface area contributed by atoms with Gasteiger partial charge in [-0.05, 0) is 42.0 Å². The third kappa shape index (κ3) is 14.3. The average molecular weight is 730 g/mol. The van der Waals surface area contributed by atoms with E-state index in [0.29, 0.717) is 5.56 Å². The number of rotatable bonds is 21. The highest BCUT2D eigenvalue weighted by Crippen LogP contribution is 2.29. The number of amides is 6. The minimum Gasteiger partial charge on any atom is -0.504 e. The molecule has 0 aliphatic rings. The summed E-state index contributed by atoms with van der Waals surface area (Å²) >= 11 is 0. The second-order valence-electron chi connectivity index (χ2n) is 12.8. The van der Waals surface area contributed by atoms with E-state index in [1.54, 1.807) is 27.7 Å². The van der Waals surface area contributed by atoms with Gasteiger partial charge < -0.3 is 51.4 Å². The quantitative estimate of drug-likeness (QED) is 0.0511. The van der Waals surface area contributed by atoms with Gasteiger partial charge in [0.1, 0.15) is 12.1 Å². The number of hydrogen-bond acceptors (Lipinski definition) is 10. The highest BCUT2D eigenvalue weighted by molar-refractivity contribution is 5.88. The number of phenols is 2. The first-order valence-corrected chi connectivity index (χ1v) is 17.1. The molecule has 0 aromatic heterocycles. The van der Waals surface area contributed by atoms with Crippen LogP contribution in [0.3, 0.4) is 0 Å². The second-order valence-corrected chi connectivity index (χ2v) is 12.8. The predicted molar refractivity (Wildman–Crippen MR) is 196 cm³/mol. The highest BCUT2D eigenvalue weighted by Gasteiger charge is 2.32. The number of ether oxygens (including phenoxy) is 2. The third-order valence-electron chi connectivity index (χ3n) is 7.99. The van der Waals surface area contributed by atoms with Crippen LogP contribution in [0.1, 0.15) is 38.8 Å². The van der Waals surface area contributed by atoms with Gasteiger partial charge in [-0.3, -0.25) is 20.0 Å². The van der Waals surface area contributed by atoms with Crippen LogP contribution in [0.4, 0.5) is 9.59 Å². The van der Waals surface area contributed by atoms with Crippen LogP contribution in [-0.2, 0) is 25.5 Å². The molecule has 0 saturated heterocycles. The van der Waals surface area contributed by atoms with Crippen molar-refractivity contribution in [2.24, 2.45) is 11.8 Å². The number of urea groups is 2. The molecule has 4 atom stereocenters. The van der Waals surface area contributed by atoms with Crippen LogP contribution >= 0.6 is 0 Å². The first kappa shape index (κ1) is 43.1. The van der Waals surface area contributed by atoms with E-state index in [1.165, 1.54) is 37.4 Å². The SMILES string of the molecule is C=C(c1ccc(O)c(O)c1)N(C[C@H](O)[C@H](Cc1ccccc1)NC(=O)[C@@H](NC(=O)NCCOC)C(C)C)NC(=O)[C@@H](NC(=O)NCCOC)C(C)C. The fourth-order valence-electron chi connectivity index (χ4n) is 5.01. The van der Waals surface area contributed by atoms with Gasteiger partial charge in [0.25, 0.3) is 5.91 Å². The van der Waals surface area contributed by atoms with E-state index in [-0.39, 0.29) is 62.6 Å². The molecule has 16 nitrogen and oxygen atoms in total. The van der Waals surface area contributed by atoms with Gasteiger partial charge in [-0.15, -0.1) is 0 Å². The number of methoxy groups -OCH3 is 2. The first-order valence-electron chi connectivity index (χ1n) is 17.1. The summed E-state index contributed by atoms with van der Waals surface area (Å²) in [5, 5.41) is 46.7. The Hall–Kier alpha value is -5.06. The number of aliphatic hydroxyl groups excluding tert-OH is 1. The van der Waals surface area contributed by atoms with E-state index in [4.69, 9.17) is 9.47 Å². The number of aromatic hydroxyl groups is 2. The molecule has 52 heavy (non-hydrogen) atoms. The minimum atomic E-state index is -1.36. The summed E-state index contributed by atoms with van der Waals surface area (Å²) < 4.78 is 9.92. The van der Waals surface area contributed by atoms with Crippen molar-refractivity contribution >= 4 is 29.6 Å². The molecule has 0 fully saturated rings. The van der Waals surface area contributed by atoms with Crippen LogP contribution in [-0.4, -0.2) is 116 Å². The molecule has 2 rings (SSSR count). The van der Waals surface area contributed by atoms with Gasteiger partial charge in [0, 0.05) is 32.9 Å². The van der Waals surface area contributed by atoms with Crippen LogP contribution in [0.5, 0.6) is 11.5 Å². The highest BCUT2D eigenvalue weighted by atomic mass is 16.5. The topological polar surface area (TPSA) is 223 Å². The van der Waals surface area contributed by atoms with E-state index >= 15 is 0 Å². The van der Waals surface area contributed by atoms with Gasteiger partial charge in [-0.25, -0.2) is 9.59 Å². The number of nitrogens with zero attached hydrogens (tertiary/aromatic N) is 1. The minimum absolute atomic E-state index is 0.119. The largest absolute Gasteiger partial charge is 0.504 e. The third-order valence-corrected chi connectivity index (χ3v) is 7.99. The number of phenolic OH excluding ortho intramolecular Hbond substituents is 2. The Morgan fingerprint density at radius 1 is 0.769 bits per heavy atom. The van der Waals surface area contributed by atoms with Gasteiger partial charge in [0.05, 0.1) is 37.6 Å². The number of benzene rings is 2. The van der Waals surface area contributed by atoms with Crippen LogP contribution in [0.15, 0.2) is 55.1 Å². The number of hydrogen-bond donors (Lipinski definition) is 9. The monoisotopic (exact) mass is 729 g/mol. The molecule has 0 spiro atoms. The lowest BCUT2D eigenvalue weighted by molar-refractivity contribution is -0.129. The molecule has 288 valence electrons. The van der Waals surface area contributed by atoms with Crippen molar-refractivity contribution in [1.82, 2.24) is 37.0 Å². The number of nitrogens with one attached hydrogen (secondary N) is 6. The summed E-state index contributed by atoms with van der Waals surface area (Å²) in [7, 11) is 3.00. The Kier molecular flexibility index (Phi) is 18.2. The van der Waals surface area contributed by atoms with E-state index < -0.39 is 53.9 Å². The van der Waals surface area contributed by atoms with Crippen LogP contribution in [0.2, 0.25) is 0 Å². The van der Waals surface area contributed by atoms with Crippen molar-refractivity contribution < 1.29 is 44.0 Å². The summed E-state index contributed by atoms with van der Waals surface area (Å²) in [5.74, 6) is -2.69. The molecule has 0 saturated carbocycles. The molecule has 6 amide bonds. The number of carbonyl (C=O) groups excluding carboxylic acids is 4. The number of hydrazine groups is 1. The summed E-state index contributed by atoms with van der Waals surface area (Å²) in [5.41, 5.74) is 3.94. The van der Waals surface area contributed by atoms with E-state index in [0.717, 1.165) is 5.56 Å². The van der Waals surface area contributed by atoms with Crippen molar-refractivity contribution in [3.8, 4) is 11.5 Å². The van der Waals surface area contributed by atoms with Crippen molar-refractivity contribution in [2.75, 3.05) is 47.1 Å². The average Bonchev–Trinajstić information content (AvgIpc) is 3.10. The Bertz CT molecular complexity index is 1460. The fraction of sp³-hybridized carbons (Fsp3) is 0.500. The molecule has 9 N–H and O–H groups in total. The molecule has 2 aromatic rings. The lowest BCUT2D eigenvalue weighted by atomic mass is 9.98. The summed E-state index contributed by atoms with van der Waals surface area (Å²) in [6.07, 6.45) is -1.19. The van der Waals surface area contributed by atoms with Gasteiger partial charge in [-0.2, -0.15) is 0 Å². The Morgan fingerprint density at radius 2 is 1.31 bits per heavy atom. The maximum atomic E-state index is 13.7. The zero-order valence-corrected chi connectivity index (χ0v) is 30.8. The maximum absolute atomic E-state index is 13.7. The van der Waals surface area contributed by atoms with Crippen molar-refractivity contribution in [3.05, 3.63) is 66.2 Å². The molecular formula is C36H55N7O9. The normalized spacial score (nSPS) is 13.3. The number of carbonyl (C=O) groups is 4. The van der Waals surface area contributed by atoms with Crippen LogP contribution in [0.25, 0.3) is 5.70 Å². The van der Waals surface area contributed by atoms with Crippen molar-refractivity contribution in [1.29, 1.82) is 0 Å². The molecule has 0 aliphatic carbocycles. The molecule has 0 radical (unpaired) electrons. The summed E-state index contributed by atoms with van der Waals surface area (Å²) in [4.78, 5) is 52.6. The molecule has 0 unspecified atom stereocenters. The summed E-state index contributed by atoms with van der Waals surface area (Å²) in [6, 6.07) is 9.00. The van der Waals surface area contributed by atoms with Gasteiger partial charge in [0.2, 0.25) is 5.91 Å². The molecule has 0 bridgehead atoms. The predicted octanol–water partition coefficient (Wildman–Crippen LogP) is 1.43. The lowest BCUT2D eigenvalue weighted by Gasteiger charge is -2.35. The van der Waals surface area contributed by atoms with E-state index in [2.05, 4.69) is 38.6 Å². The standard InChI is InChI=1S/C36H55N7O9/c1-22(2)31(40-35(49)37-15-17-51-6)33(47)39-27(19-25-11-9-8-10-12-25)30(46)21-43(24(5)26-13-14-28(44)29(45)20-26)42-34(48)32(23(3)4)41-36(50)38-16-18-52-7/h8-14,20,22-23,27,30-32,44-46H,5,15-19,21H2,1-4,6-7H3,(H,39,47)(H,42,48)(H2,37,40,49)(H2,38,41,50)/t27-,30-,31-,32-/m0/s1. The van der Waals surface area contributed by atoms with Gasteiger partial charge in [-0.1, -0.05) is 64.6 Å². The van der Waals surface area contributed by atoms with Crippen LogP contribution < -0.4 is 32.0 Å². The Balaban J connectivity index is 2.43. The maximum Gasteiger partial charge on any atom is 0.315 e. The molecular weight excluding hydrogens is 674 g/mol. The lowest BCUT2D eigenvalue weighted by Crippen LogP contribution is -2.59. The van der Waals surface area contributed by atoms with Crippen molar-refractivity contribution in [2.45, 2.75) is 58.3 Å². The zero-order valence-electron chi connectivity index (χ0n) is 30.8. The Labute approximate surface area is 305 Å². The second kappa shape index (κ2) is 22.0. The van der Waals surface area contributed by atoms with Gasteiger partial charge in [0.15, 0.2) is 11.5 Å². The molecule has 0 aliphatic heterocycles. The molecule has 0 heterocycles. The summed E-state index contributed by atoms with van der Waals surface area (Å²) in [6.45, 7) is 11.8. The molecule has 16 heteroatoms. The Morgan fingerprint density at radius 3 is 1.81 bits per heavy atom. The molecule has 2 aromatic carbocycles. The fourth-order valence-corrected chi connectivity index (χ4v) is 5.01. The van der Waals surface area contributed by atoms with E-state index in [1.807, 2.05) is 30.3 Å². The zero-order chi connectivity index (χ0) is 38.8. The number of aliphatic hydroxyl groups is 1. The van der Waals surface area contributed by atoms with Gasteiger partial charge >= 0.3 is 12.1 Å². The van der Waals surface area contributed by atoms with E-state index in [9.17, 15) is 34.5 Å². The van der Waals surface area contributed by atoms with Crippen LogP contribution in [0, 0.1) is 11.8 Å².